The maximum atomic E-state index is 13.1. The fraction of sp³-hybridized carbons (Fsp3) is 0.571. The van der Waals surface area contributed by atoms with Crippen LogP contribution in [0, 0.1) is 11.7 Å². The Balaban J connectivity index is 2.06. The summed E-state index contributed by atoms with van der Waals surface area (Å²) in [5, 5.41) is 3.44. The van der Waals surface area contributed by atoms with Gasteiger partial charge in [0, 0.05) is 23.5 Å². The summed E-state index contributed by atoms with van der Waals surface area (Å²) in [6.45, 7) is 4.94. The van der Waals surface area contributed by atoms with E-state index < -0.39 is 0 Å². The second-order valence-corrected chi connectivity index (χ2v) is 5.56. The summed E-state index contributed by atoms with van der Waals surface area (Å²) < 4.78 is 19.7. The van der Waals surface area contributed by atoms with Crippen molar-refractivity contribution < 1.29 is 9.13 Å². The van der Waals surface area contributed by atoms with E-state index in [1.807, 2.05) is 6.07 Å². The van der Waals surface area contributed by atoms with Crippen molar-refractivity contribution in [2.24, 2.45) is 5.92 Å². The van der Waals surface area contributed by atoms with E-state index in [0.717, 1.165) is 42.6 Å². The molecule has 0 spiro atoms. The minimum absolute atomic E-state index is 0.0735. The average Bonchev–Trinajstić information content (AvgIpc) is 2.78. The van der Waals surface area contributed by atoms with Crippen LogP contribution in [0.4, 0.5) is 4.39 Å². The summed E-state index contributed by atoms with van der Waals surface area (Å²) >= 11 is 3.43. The van der Waals surface area contributed by atoms with Crippen molar-refractivity contribution in [2.75, 3.05) is 19.7 Å². The largest absolute Gasteiger partial charge is 0.373 e. The first kappa shape index (κ1) is 14.0. The zero-order valence-electron chi connectivity index (χ0n) is 10.6. The number of rotatable bonds is 5. The fourth-order valence-electron chi connectivity index (χ4n) is 2.38. The van der Waals surface area contributed by atoms with Gasteiger partial charge in [0.25, 0.3) is 0 Å². The van der Waals surface area contributed by atoms with Gasteiger partial charge in [-0.05, 0) is 37.1 Å². The van der Waals surface area contributed by atoms with Crippen LogP contribution in [-0.2, 0) is 4.74 Å². The van der Waals surface area contributed by atoms with Crippen LogP contribution in [0.1, 0.15) is 31.4 Å². The number of halogens is 2. The molecule has 18 heavy (non-hydrogen) atoms. The summed E-state index contributed by atoms with van der Waals surface area (Å²) in [7, 11) is 0. The van der Waals surface area contributed by atoms with Gasteiger partial charge in [-0.15, -0.1) is 0 Å². The number of benzene rings is 1. The van der Waals surface area contributed by atoms with Crippen LogP contribution < -0.4 is 5.32 Å². The maximum Gasteiger partial charge on any atom is 0.124 e. The van der Waals surface area contributed by atoms with E-state index in [-0.39, 0.29) is 11.9 Å². The molecule has 2 rings (SSSR count). The Morgan fingerprint density at radius 3 is 3.06 bits per heavy atom. The topological polar surface area (TPSA) is 21.3 Å². The third kappa shape index (κ3) is 3.31. The smallest absolute Gasteiger partial charge is 0.124 e. The molecule has 0 aliphatic carbocycles. The van der Waals surface area contributed by atoms with E-state index in [1.54, 1.807) is 0 Å². The third-order valence-electron chi connectivity index (χ3n) is 3.32. The lowest BCUT2D eigenvalue weighted by molar-refractivity contribution is 0.0899. The molecular weight excluding hydrogens is 297 g/mol. The van der Waals surface area contributed by atoms with Crippen molar-refractivity contribution in [3.63, 3.8) is 0 Å². The highest BCUT2D eigenvalue weighted by atomic mass is 79.9. The van der Waals surface area contributed by atoms with Crippen LogP contribution in [0.15, 0.2) is 22.7 Å². The molecule has 1 fully saturated rings. The zero-order chi connectivity index (χ0) is 13.0. The van der Waals surface area contributed by atoms with Crippen molar-refractivity contribution in [2.45, 2.75) is 25.9 Å². The Kier molecular flexibility index (Phi) is 5.15. The first-order valence-corrected chi connectivity index (χ1v) is 7.29. The van der Waals surface area contributed by atoms with Gasteiger partial charge >= 0.3 is 0 Å². The molecule has 1 N–H and O–H groups in total. The molecule has 1 aliphatic heterocycles. The van der Waals surface area contributed by atoms with Crippen molar-refractivity contribution in [3.05, 3.63) is 34.1 Å². The molecule has 0 radical (unpaired) electrons. The second kappa shape index (κ2) is 6.64. The molecule has 1 saturated heterocycles. The van der Waals surface area contributed by atoms with Gasteiger partial charge in [-0.1, -0.05) is 28.9 Å². The molecule has 1 aromatic carbocycles. The van der Waals surface area contributed by atoms with E-state index in [9.17, 15) is 4.39 Å². The zero-order valence-corrected chi connectivity index (χ0v) is 12.2. The van der Waals surface area contributed by atoms with Gasteiger partial charge in [0.15, 0.2) is 0 Å². The number of hydrogen-bond acceptors (Lipinski definition) is 2. The SMILES string of the molecule is CCCNCC1CCOC1c1ccc(F)cc1Br. The molecule has 2 unspecified atom stereocenters. The molecule has 1 aromatic rings. The minimum Gasteiger partial charge on any atom is -0.373 e. The summed E-state index contributed by atoms with van der Waals surface area (Å²) in [5.74, 6) is 0.252. The molecule has 1 heterocycles. The molecule has 1 aliphatic rings. The minimum atomic E-state index is -0.218. The van der Waals surface area contributed by atoms with Gasteiger partial charge in [-0.3, -0.25) is 0 Å². The van der Waals surface area contributed by atoms with Crippen LogP contribution in [0.25, 0.3) is 0 Å². The first-order valence-electron chi connectivity index (χ1n) is 6.49. The highest BCUT2D eigenvalue weighted by Gasteiger charge is 2.30. The summed E-state index contributed by atoms with van der Waals surface area (Å²) in [4.78, 5) is 0. The summed E-state index contributed by atoms with van der Waals surface area (Å²) in [6.07, 6.45) is 2.27. The number of hydrogen-bond donors (Lipinski definition) is 1. The predicted octanol–water partition coefficient (Wildman–Crippen LogP) is 3.67. The van der Waals surface area contributed by atoms with Crippen LogP contribution in [0.3, 0.4) is 0 Å². The molecule has 100 valence electrons. The first-order chi connectivity index (χ1) is 8.72. The summed E-state index contributed by atoms with van der Waals surface area (Å²) in [6, 6.07) is 4.83. The summed E-state index contributed by atoms with van der Waals surface area (Å²) in [5.41, 5.74) is 1.05. The van der Waals surface area contributed by atoms with Gasteiger partial charge in [-0.25, -0.2) is 4.39 Å². The van der Waals surface area contributed by atoms with E-state index >= 15 is 0 Å². The highest BCUT2D eigenvalue weighted by molar-refractivity contribution is 9.10. The third-order valence-corrected chi connectivity index (χ3v) is 4.00. The molecule has 0 saturated carbocycles. The normalized spacial score (nSPS) is 23.5. The second-order valence-electron chi connectivity index (χ2n) is 4.71. The fourth-order valence-corrected chi connectivity index (χ4v) is 2.96. The molecule has 0 amide bonds. The van der Waals surface area contributed by atoms with Crippen molar-refractivity contribution in [3.8, 4) is 0 Å². The van der Waals surface area contributed by atoms with Crippen molar-refractivity contribution in [1.29, 1.82) is 0 Å². The van der Waals surface area contributed by atoms with Gasteiger partial charge in [-0.2, -0.15) is 0 Å². The molecule has 0 bridgehead atoms. The number of ether oxygens (including phenoxy) is 1. The predicted molar refractivity (Wildman–Crippen MR) is 74.1 cm³/mol. The Morgan fingerprint density at radius 1 is 1.50 bits per heavy atom. The highest BCUT2D eigenvalue weighted by Crippen LogP contribution is 2.37. The maximum absolute atomic E-state index is 13.1. The molecule has 2 nitrogen and oxygen atoms in total. The Morgan fingerprint density at radius 2 is 2.33 bits per heavy atom. The molecule has 0 aromatic heterocycles. The lowest BCUT2D eigenvalue weighted by Crippen LogP contribution is -2.25. The van der Waals surface area contributed by atoms with Crippen LogP contribution in [0.5, 0.6) is 0 Å². The molecule has 4 heteroatoms. The molecule has 2 atom stereocenters. The lowest BCUT2D eigenvalue weighted by Gasteiger charge is -2.20. The van der Waals surface area contributed by atoms with Crippen LogP contribution in [-0.4, -0.2) is 19.7 Å². The number of nitrogens with one attached hydrogen (secondary N) is 1. The van der Waals surface area contributed by atoms with Gasteiger partial charge in [0.05, 0.1) is 6.10 Å². The van der Waals surface area contributed by atoms with Gasteiger partial charge < -0.3 is 10.1 Å². The Hall–Kier alpha value is -0.450. The van der Waals surface area contributed by atoms with Crippen molar-refractivity contribution >= 4 is 15.9 Å². The van der Waals surface area contributed by atoms with E-state index in [2.05, 4.69) is 28.2 Å². The van der Waals surface area contributed by atoms with Gasteiger partial charge in [0.2, 0.25) is 0 Å². The van der Waals surface area contributed by atoms with Crippen molar-refractivity contribution in [1.82, 2.24) is 5.32 Å². The quantitative estimate of drug-likeness (QED) is 0.837. The standard InChI is InChI=1S/C14H19BrFNO/c1-2-6-17-9-10-5-7-18-14(10)12-4-3-11(16)8-13(12)15/h3-4,8,10,14,17H,2,5-7,9H2,1H3. The average molecular weight is 316 g/mol. The molecular formula is C14H19BrFNO. The van der Waals surface area contributed by atoms with E-state index in [1.165, 1.54) is 12.1 Å². The lowest BCUT2D eigenvalue weighted by atomic mass is 9.95. The van der Waals surface area contributed by atoms with Gasteiger partial charge in [0.1, 0.15) is 5.82 Å². The van der Waals surface area contributed by atoms with Crippen LogP contribution in [0.2, 0.25) is 0 Å². The van der Waals surface area contributed by atoms with E-state index in [4.69, 9.17) is 4.74 Å². The Bertz CT molecular complexity index is 399. The monoisotopic (exact) mass is 315 g/mol. The van der Waals surface area contributed by atoms with E-state index in [0.29, 0.717) is 5.92 Å². The van der Waals surface area contributed by atoms with Crippen LogP contribution >= 0.6 is 15.9 Å². The Labute approximate surface area is 116 Å².